The van der Waals surface area contributed by atoms with Crippen LogP contribution in [0.5, 0.6) is 0 Å². The van der Waals surface area contributed by atoms with Crippen LogP contribution in [0.1, 0.15) is 11.1 Å². The van der Waals surface area contributed by atoms with Crippen LogP contribution in [-0.4, -0.2) is 0 Å². The Hall–Kier alpha value is 0.614. The van der Waals surface area contributed by atoms with Crippen molar-refractivity contribution in [3.05, 3.63) is 35.4 Å². The number of hydrogen-bond donors (Lipinski definition) is 0. The minimum absolute atomic E-state index is 0. The topological polar surface area (TPSA) is 0 Å². The zero-order valence-corrected chi connectivity index (χ0v) is 9.49. The molecule has 0 nitrogen and oxygen atoms in total. The van der Waals surface area contributed by atoms with Crippen LogP contribution in [0.3, 0.4) is 0 Å². The van der Waals surface area contributed by atoms with Crippen LogP contribution in [0, 0.1) is 13.0 Å². The molecule has 0 atom stereocenters. The van der Waals surface area contributed by atoms with Crippen LogP contribution >= 0.6 is 11.6 Å². The molecule has 1 radical (unpaired) electrons. The van der Waals surface area contributed by atoms with Gasteiger partial charge in [-0.15, -0.1) is 17.2 Å². The number of benzene rings is 1. The van der Waals surface area contributed by atoms with E-state index in [0.29, 0.717) is 5.88 Å². The van der Waals surface area contributed by atoms with Crippen LogP contribution in [0.4, 0.5) is 0 Å². The Balaban J connectivity index is 0.000000810. The van der Waals surface area contributed by atoms with E-state index in [4.69, 9.17) is 11.6 Å². The first-order valence-electron chi connectivity index (χ1n) is 2.86. The maximum absolute atomic E-state index is 5.60. The summed E-state index contributed by atoms with van der Waals surface area (Å²) in [4.78, 5) is 0. The minimum Gasteiger partial charge on any atom is -0.179 e. The molecule has 0 saturated heterocycles. The number of hydrogen-bond acceptors (Lipinski definition) is 0. The van der Waals surface area contributed by atoms with Gasteiger partial charge < -0.3 is 0 Å². The van der Waals surface area contributed by atoms with Crippen LogP contribution in [-0.2, 0) is 38.6 Å². The summed E-state index contributed by atoms with van der Waals surface area (Å²) >= 11 is 5.60. The summed E-state index contributed by atoms with van der Waals surface area (Å²) in [5.74, 6) is 0.562. The van der Waals surface area contributed by atoms with E-state index in [1.54, 1.807) is 0 Å². The third-order valence-electron chi connectivity index (χ3n) is 1.31. The van der Waals surface area contributed by atoms with Gasteiger partial charge in [0.1, 0.15) is 0 Å². The molecule has 0 saturated carbocycles. The van der Waals surface area contributed by atoms with E-state index in [2.05, 4.69) is 6.07 Å². The maximum Gasteiger partial charge on any atom is 0.0251 e. The molecule has 0 N–H and O–H groups in total. The number of aryl methyl sites for hydroxylation is 1. The molecule has 1 aromatic carbocycles. The smallest absolute Gasteiger partial charge is 0.0251 e. The largest absolute Gasteiger partial charge is 0.179 e. The van der Waals surface area contributed by atoms with Crippen molar-refractivity contribution in [2.75, 3.05) is 0 Å². The van der Waals surface area contributed by atoms with Gasteiger partial charge in [0.05, 0.1) is 0 Å². The minimum atomic E-state index is 0. The van der Waals surface area contributed by atoms with Gasteiger partial charge >= 0.3 is 0 Å². The predicted molar refractivity (Wildman–Crippen MR) is 39.6 cm³/mol. The molecule has 0 aliphatic rings. The van der Waals surface area contributed by atoms with E-state index in [-0.39, 0.29) is 32.7 Å². The van der Waals surface area contributed by atoms with Gasteiger partial charge in [0, 0.05) is 38.6 Å². The maximum atomic E-state index is 5.60. The van der Waals surface area contributed by atoms with Crippen molar-refractivity contribution in [2.45, 2.75) is 12.8 Å². The average Bonchev–Trinajstić information content (AvgIpc) is 1.89. The molecule has 0 unspecified atom stereocenters. The standard InChI is InChI=1S/C8H8Cl.Y/c1-7-4-2-3-5-8(7)6-9;/h2-4H,6H2,1H3;/q-1;. The van der Waals surface area contributed by atoms with Crippen molar-refractivity contribution < 1.29 is 32.7 Å². The second-order valence-electron chi connectivity index (χ2n) is 1.97. The molecule has 0 bridgehead atoms. The van der Waals surface area contributed by atoms with Gasteiger partial charge in [0.15, 0.2) is 0 Å². The third kappa shape index (κ3) is 2.69. The molecule has 0 heterocycles. The Morgan fingerprint density at radius 2 is 2.30 bits per heavy atom. The van der Waals surface area contributed by atoms with Gasteiger partial charge in [0.2, 0.25) is 0 Å². The van der Waals surface area contributed by atoms with Crippen molar-refractivity contribution in [3.8, 4) is 0 Å². The van der Waals surface area contributed by atoms with E-state index in [0.717, 1.165) is 5.56 Å². The quantitative estimate of drug-likeness (QED) is 0.512. The molecule has 0 spiro atoms. The number of halogens is 1. The molecular formula is C8H8ClY-. The Labute approximate surface area is 91.8 Å². The summed E-state index contributed by atoms with van der Waals surface area (Å²) in [6.07, 6.45) is 0. The fraction of sp³-hybridized carbons (Fsp3) is 0.250. The normalized spacial score (nSPS) is 8.60. The van der Waals surface area contributed by atoms with Gasteiger partial charge in [0.25, 0.3) is 0 Å². The third-order valence-corrected chi connectivity index (χ3v) is 1.58. The van der Waals surface area contributed by atoms with Crippen LogP contribution in [0.2, 0.25) is 0 Å². The number of alkyl halides is 1. The van der Waals surface area contributed by atoms with Crippen LogP contribution in [0.25, 0.3) is 0 Å². The van der Waals surface area contributed by atoms with Crippen LogP contribution in [0.15, 0.2) is 18.2 Å². The van der Waals surface area contributed by atoms with Gasteiger partial charge in [-0.2, -0.15) is 29.8 Å². The molecule has 10 heavy (non-hydrogen) atoms. The molecule has 2 heteroatoms. The molecule has 0 aliphatic heterocycles. The summed E-state index contributed by atoms with van der Waals surface area (Å²) in [6.45, 7) is 2.04. The predicted octanol–water partition coefficient (Wildman–Crippen LogP) is 2.53. The first kappa shape index (κ1) is 10.6. The number of rotatable bonds is 1. The fourth-order valence-corrected chi connectivity index (χ4v) is 0.987. The molecule has 0 amide bonds. The van der Waals surface area contributed by atoms with E-state index in [1.165, 1.54) is 5.56 Å². The second-order valence-corrected chi connectivity index (χ2v) is 2.23. The van der Waals surface area contributed by atoms with E-state index < -0.39 is 0 Å². The average molecular weight is 229 g/mol. The van der Waals surface area contributed by atoms with Crippen LogP contribution < -0.4 is 0 Å². The molecule has 51 valence electrons. The van der Waals surface area contributed by atoms with Gasteiger partial charge in [-0.25, -0.2) is 0 Å². The molecule has 1 aromatic rings. The summed E-state index contributed by atoms with van der Waals surface area (Å²) in [5, 5.41) is 0. The first-order chi connectivity index (χ1) is 4.34. The second kappa shape index (κ2) is 5.29. The fourth-order valence-electron chi connectivity index (χ4n) is 0.700. The summed E-state index contributed by atoms with van der Waals surface area (Å²) in [5.41, 5.74) is 2.31. The molecule has 0 aromatic heterocycles. The molecular weight excluding hydrogens is 220 g/mol. The monoisotopic (exact) mass is 228 g/mol. The van der Waals surface area contributed by atoms with Crippen molar-refractivity contribution in [2.24, 2.45) is 0 Å². The van der Waals surface area contributed by atoms with Gasteiger partial charge in [-0.1, -0.05) is 6.92 Å². The molecule has 0 fully saturated rings. The zero-order valence-electron chi connectivity index (χ0n) is 5.89. The Kier molecular flexibility index (Phi) is 5.61. The van der Waals surface area contributed by atoms with Gasteiger partial charge in [-0.05, 0) is 0 Å². The molecule has 0 aliphatic carbocycles. The van der Waals surface area contributed by atoms with E-state index in [9.17, 15) is 0 Å². The summed E-state index contributed by atoms with van der Waals surface area (Å²) < 4.78 is 0. The van der Waals surface area contributed by atoms with Crippen molar-refractivity contribution in [1.82, 2.24) is 0 Å². The summed E-state index contributed by atoms with van der Waals surface area (Å²) in [6, 6.07) is 8.93. The molecule has 1 rings (SSSR count). The summed E-state index contributed by atoms with van der Waals surface area (Å²) in [7, 11) is 0. The zero-order chi connectivity index (χ0) is 6.69. The first-order valence-corrected chi connectivity index (χ1v) is 3.40. The Morgan fingerprint density at radius 3 is 2.70 bits per heavy atom. The van der Waals surface area contributed by atoms with Crippen molar-refractivity contribution in [1.29, 1.82) is 0 Å². The Bertz CT molecular complexity index is 198. The van der Waals surface area contributed by atoms with Crippen molar-refractivity contribution >= 4 is 11.6 Å². The van der Waals surface area contributed by atoms with E-state index in [1.807, 2.05) is 25.1 Å². The van der Waals surface area contributed by atoms with Gasteiger partial charge in [-0.3, -0.25) is 0 Å². The Morgan fingerprint density at radius 1 is 1.60 bits per heavy atom. The van der Waals surface area contributed by atoms with Crippen molar-refractivity contribution in [3.63, 3.8) is 0 Å². The van der Waals surface area contributed by atoms with E-state index >= 15 is 0 Å². The SMILES string of the molecule is Cc1ccc[c-]c1CCl.[Y].